The maximum atomic E-state index is 12.5. The van der Waals surface area contributed by atoms with Gasteiger partial charge in [-0.15, -0.1) is 0 Å². The first-order chi connectivity index (χ1) is 13.6. The lowest BCUT2D eigenvalue weighted by Gasteiger charge is -2.12. The van der Waals surface area contributed by atoms with Crippen molar-refractivity contribution in [3.05, 3.63) is 77.1 Å². The monoisotopic (exact) mass is 397 g/mol. The maximum absolute atomic E-state index is 12.5. The molecule has 7 heteroatoms. The minimum Gasteiger partial charge on any atom is -0.493 e. The minimum absolute atomic E-state index is 0.282. The van der Waals surface area contributed by atoms with Crippen LogP contribution in [0.3, 0.4) is 0 Å². The molecule has 0 unspecified atom stereocenters. The molecule has 1 amide bonds. The van der Waals surface area contributed by atoms with Gasteiger partial charge in [-0.05, 0) is 35.9 Å². The van der Waals surface area contributed by atoms with Crippen molar-refractivity contribution in [2.75, 3.05) is 24.9 Å². The van der Waals surface area contributed by atoms with Crippen molar-refractivity contribution >= 4 is 28.9 Å². The Morgan fingerprint density at radius 1 is 1.04 bits per heavy atom. The predicted octanol–water partition coefficient (Wildman–Crippen LogP) is 4.62. The van der Waals surface area contributed by atoms with Crippen LogP contribution in [0.5, 0.6) is 11.5 Å². The molecule has 2 N–H and O–H groups in total. The van der Waals surface area contributed by atoms with Crippen LogP contribution in [0, 0.1) is 0 Å². The number of carbonyl (C=O) groups excluding carboxylic acids is 1. The average molecular weight is 398 g/mol. The van der Waals surface area contributed by atoms with E-state index in [1.165, 1.54) is 6.20 Å². The summed E-state index contributed by atoms with van der Waals surface area (Å²) in [4.78, 5) is 16.6. The molecule has 0 atom stereocenters. The number of amides is 1. The zero-order chi connectivity index (χ0) is 19.9. The van der Waals surface area contributed by atoms with Crippen LogP contribution in [0.25, 0.3) is 0 Å². The van der Waals surface area contributed by atoms with Gasteiger partial charge in [-0.2, -0.15) is 0 Å². The summed E-state index contributed by atoms with van der Waals surface area (Å²) in [5.74, 6) is 1.05. The van der Waals surface area contributed by atoms with Gasteiger partial charge in [0.15, 0.2) is 11.5 Å². The number of aromatic nitrogens is 1. The summed E-state index contributed by atoms with van der Waals surface area (Å²) in [7, 11) is 3.20. The normalized spacial score (nSPS) is 10.2. The Hall–Kier alpha value is -3.25. The van der Waals surface area contributed by atoms with Crippen molar-refractivity contribution in [2.24, 2.45) is 0 Å². The standard InChI is InChI=1S/C21H20ClN3O3/c1-27-19-8-7-14(9-20(19)28-2)11-24-16-10-15(12-23-13-16)21(26)25-18-6-4-3-5-17(18)22/h3-10,12-13,24H,11H2,1-2H3,(H,25,26). The molecule has 1 heterocycles. The fourth-order valence-electron chi connectivity index (χ4n) is 2.61. The molecule has 0 saturated carbocycles. The quantitative estimate of drug-likeness (QED) is 0.608. The summed E-state index contributed by atoms with van der Waals surface area (Å²) in [6, 6.07) is 14.5. The van der Waals surface area contributed by atoms with Gasteiger partial charge in [-0.1, -0.05) is 29.8 Å². The maximum Gasteiger partial charge on any atom is 0.257 e. The zero-order valence-corrected chi connectivity index (χ0v) is 16.3. The zero-order valence-electron chi connectivity index (χ0n) is 15.5. The largest absolute Gasteiger partial charge is 0.493 e. The Labute approximate surface area is 168 Å². The van der Waals surface area contributed by atoms with E-state index in [1.54, 1.807) is 50.7 Å². The average Bonchev–Trinajstić information content (AvgIpc) is 2.73. The third-order valence-corrected chi connectivity index (χ3v) is 4.40. The molecule has 0 radical (unpaired) electrons. The van der Waals surface area contributed by atoms with Crippen LogP contribution in [0.1, 0.15) is 15.9 Å². The van der Waals surface area contributed by atoms with Gasteiger partial charge >= 0.3 is 0 Å². The molecule has 28 heavy (non-hydrogen) atoms. The number of para-hydroxylation sites is 1. The second-order valence-electron chi connectivity index (χ2n) is 5.94. The SMILES string of the molecule is COc1ccc(CNc2cncc(C(=O)Nc3ccccc3Cl)c2)cc1OC. The number of benzene rings is 2. The molecule has 144 valence electrons. The molecular formula is C21H20ClN3O3. The molecule has 0 saturated heterocycles. The van der Waals surface area contributed by atoms with Crippen molar-refractivity contribution < 1.29 is 14.3 Å². The number of rotatable bonds is 7. The predicted molar refractivity (Wildman–Crippen MR) is 111 cm³/mol. The molecule has 3 rings (SSSR count). The molecule has 0 aliphatic carbocycles. The van der Waals surface area contributed by atoms with Crippen molar-refractivity contribution in [3.8, 4) is 11.5 Å². The van der Waals surface area contributed by atoms with Crippen LogP contribution in [0.4, 0.5) is 11.4 Å². The van der Waals surface area contributed by atoms with Gasteiger partial charge in [0.05, 0.1) is 36.2 Å². The van der Waals surface area contributed by atoms with E-state index in [2.05, 4.69) is 15.6 Å². The Balaban J connectivity index is 1.68. The van der Waals surface area contributed by atoms with Gasteiger partial charge in [0, 0.05) is 18.9 Å². The number of methoxy groups -OCH3 is 2. The van der Waals surface area contributed by atoms with Gasteiger partial charge in [-0.3, -0.25) is 9.78 Å². The third kappa shape index (κ3) is 4.72. The second kappa shape index (κ2) is 9.10. The van der Waals surface area contributed by atoms with Crippen molar-refractivity contribution in [1.82, 2.24) is 4.98 Å². The molecule has 0 spiro atoms. The van der Waals surface area contributed by atoms with E-state index in [-0.39, 0.29) is 5.91 Å². The molecule has 3 aromatic rings. The van der Waals surface area contributed by atoms with E-state index in [4.69, 9.17) is 21.1 Å². The van der Waals surface area contributed by atoms with Crippen LogP contribution < -0.4 is 20.1 Å². The van der Waals surface area contributed by atoms with E-state index in [0.717, 1.165) is 11.3 Å². The van der Waals surface area contributed by atoms with E-state index in [1.807, 2.05) is 18.2 Å². The Bertz CT molecular complexity index is 979. The summed E-state index contributed by atoms with van der Waals surface area (Å²) in [6.45, 7) is 0.539. The molecule has 6 nitrogen and oxygen atoms in total. The first-order valence-corrected chi connectivity index (χ1v) is 8.94. The molecule has 0 aliphatic heterocycles. The van der Waals surface area contributed by atoms with Gasteiger partial charge in [0.2, 0.25) is 0 Å². The van der Waals surface area contributed by atoms with E-state index < -0.39 is 0 Å². The third-order valence-electron chi connectivity index (χ3n) is 4.07. The number of carbonyl (C=O) groups is 1. The van der Waals surface area contributed by atoms with Crippen molar-refractivity contribution in [1.29, 1.82) is 0 Å². The highest BCUT2D eigenvalue weighted by Crippen LogP contribution is 2.28. The summed E-state index contributed by atoms with van der Waals surface area (Å²) in [5.41, 5.74) is 2.71. The van der Waals surface area contributed by atoms with Gasteiger partial charge in [-0.25, -0.2) is 0 Å². The van der Waals surface area contributed by atoms with Crippen LogP contribution in [-0.4, -0.2) is 25.1 Å². The highest BCUT2D eigenvalue weighted by molar-refractivity contribution is 6.33. The smallest absolute Gasteiger partial charge is 0.257 e. The van der Waals surface area contributed by atoms with Gasteiger partial charge < -0.3 is 20.1 Å². The van der Waals surface area contributed by atoms with Crippen molar-refractivity contribution in [3.63, 3.8) is 0 Å². The molecule has 1 aromatic heterocycles. The molecular weight excluding hydrogens is 378 g/mol. The fraction of sp³-hybridized carbons (Fsp3) is 0.143. The van der Waals surface area contributed by atoms with E-state index in [0.29, 0.717) is 34.3 Å². The van der Waals surface area contributed by atoms with Crippen LogP contribution in [-0.2, 0) is 6.54 Å². The topological polar surface area (TPSA) is 72.5 Å². The summed E-state index contributed by atoms with van der Waals surface area (Å²) < 4.78 is 10.6. The van der Waals surface area contributed by atoms with Gasteiger partial charge in [0.25, 0.3) is 5.91 Å². The number of ether oxygens (including phenoxy) is 2. The molecule has 0 aliphatic rings. The number of pyridine rings is 1. The van der Waals surface area contributed by atoms with Crippen LogP contribution >= 0.6 is 11.6 Å². The molecule has 0 bridgehead atoms. The van der Waals surface area contributed by atoms with Crippen LogP contribution in [0.15, 0.2) is 60.9 Å². The Morgan fingerprint density at radius 2 is 1.82 bits per heavy atom. The number of nitrogens with zero attached hydrogens (tertiary/aromatic N) is 1. The lowest BCUT2D eigenvalue weighted by molar-refractivity contribution is 0.102. The lowest BCUT2D eigenvalue weighted by atomic mass is 10.2. The Morgan fingerprint density at radius 3 is 2.57 bits per heavy atom. The molecule has 2 aromatic carbocycles. The number of halogens is 1. The summed E-state index contributed by atoms with van der Waals surface area (Å²) >= 11 is 6.09. The second-order valence-corrected chi connectivity index (χ2v) is 6.35. The molecule has 0 fully saturated rings. The number of nitrogens with one attached hydrogen (secondary N) is 2. The lowest BCUT2D eigenvalue weighted by Crippen LogP contribution is -2.13. The number of hydrogen-bond acceptors (Lipinski definition) is 5. The van der Waals surface area contributed by atoms with E-state index in [9.17, 15) is 4.79 Å². The van der Waals surface area contributed by atoms with Crippen molar-refractivity contribution in [2.45, 2.75) is 6.54 Å². The number of hydrogen-bond donors (Lipinski definition) is 2. The fourth-order valence-corrected chi connectivity index (χ4v) is 2.80. The highest BCUT2D eigenvalue weighted by Gasteiger charge is 2.10. The van der Waals surface area contributed by atoms with Crippen LogP contribution in [0.2, 0.25) is 5.02 Å². The summed E-state index contributed by atoms with van der Waals surface area (Å²) in [5, 5.41) is 6.52. The van der Waals surface area contributed by atoms with E-state index >= 15 is 0 Å². The number of anilines is 2. The highest BCUT2D eigenvalue weighted by atomic mass is 35.5. The van der Waals surface area contributed by atoms with Gasteiger partial charge in [0.1, 0.15) is 0 Å². The summed E-state index contributed by atoms with van der Waals surface area (Å²) in [6.07, 6.45) is 3.17. The Kier molecular flexibility index (Phi) is 6.34. The minimum atomic E-state index is -0.282. The first kappa shape index (κ1) is 19.5. The first-order valence-electron chi connectivity index (χ1n) is 8.56.